The Balaban J connectivity index is 1.97. The molecule has 1 amide bonds. The van der Waals surface area contributed by atoms with Crippen molar-refractivity contribution in [1.82, 2.24) is 0 Å². The number of nitrogens with zero attached hydrogens (tertiary/aromatic N) is 1. The molecule has 1 aliphatic rings. The van der Waals surface area contributed by atoms with Gasteiger partial charge in [-0.05, 0) is 48.4 Å². The van der Waals surface area contributed by atoms with Gasteiger partial charge in [-0.2, -0.15) is 0 Å². The number of carbonyl (C=O) groups is 2. The molecule has 0 saturated carbocycles. The summed E-state index contributed by atoms with van der Waals surface area (Å²) >= 11 is 6.36. The van der Waals surface area contributed by atoms with E-state index in [-0.39, 0.29) is 11.5 Å². The summed E-state index contributed by atoms with van der Waals surface area (Å²) in [6.07, 6.45) is 1.56. The number of thiocarbonyl (C=S) groups is 1. The average Bonchev–Trinajstić information content (AvgIpc) is 2.82. The zero-order valence-corrected chi connectivity index (χ0v) is 14.7. The van der Waals surface area contributed by atoms with Crippen LogP contribution in [0.4, 0.5) is 10.1 Å². The highest BCUT2D eigenvalue weighted by molar-refractivity contribution is 8.27. The smallest absolute Gasteiger partial charge is 0.336 e. The molecule has 1 saturated heterocycles. The zero-order valence-electron chi connectivity index (χ0n) is 13.0. The molecule has 25 heavy (non-hydrogen) atoms. The summed E-state index contributed by atoms with van der Waals surface area (Å²) < 4.78 is 13.6. The third-order valence-corrected chi connectivity index (χ3v) is 4.95. The number of halogens is 1. The quantitative estimate of drug-likeness (QED) is 0.644. The minimum absolute atomic E-state index is 0.112. The predicted octanol–water partition coefficient (Wildman–Crippen LogP) is 4.24. The van der Waals surface area contributed by atoms with Gasteiger partial charge < -0.3 is 5.11 Å². The zero-order chi connectivity index (χ0) is 18.1. The third-order valence-electron chi connectivity index (χ3n) is 3.65. The number of carbonyl (C=O) groups excluding carboxylic acids is 1. The predicted molar refractivity (Wildman–Crippen MR) is 100 cm³/mol. The van der Waals surface area contributed by atoms with Crippen molar-refractivity contribution in [2.45, 2.75) is 6.92 Å². The van der Waals surface area contributed by atoms with Crippen LogP contribution >= 0.6 is 24.0 Å². The molecule has 7 heteroatoms. The molecular formula is C18H12FNO3S2. The maximum atomic E-state index is 13.3. The van der Waals surface area contributed by atoms with E-state index in [2.05, 4.69) is 0 Å². The van der Waals surface area contributed by atoms with Crippen LogP contribution in [0.15, 0.2) is 47.4 Å². The lowest BCUT2D eigenvalue weighted by Gasteiger charge is -2.15. The number of aryl methyl sites for hydroxylation is 1. The fourth-order valence-electron chi connectivity index (χ4n) is 2.42. The van der Waals surface area contributed by atoms with Crippen LogP contribution in [0, 0.1) is 12.7 Å². The molecule has 2 aromatic carbocycles. The van der Waals surface area contributed by atoms with E-state index >= 15 is 0 Å². The van der Waals surface area contributed by atoms with Gasteiger partial charge in [0.25, 0.3) is 5.91 Å². The summed E-state index contributed by atoms with van der Waals surface area (Å²) in [4.78, 5) is 25.6. The summed E-state index contributed by atoms with van der Waals surface area (Å²) in [5, 5.41) is 9.25. The van der Waals surface area contributed by atoms with Crippen LogP contribution in [0.5, 0.6) is 0 Å². The molecule has 3 rings (SSSR count). The van der Waals surface area contributed by atoms with E-state index < -0.39 is 11.8 Å². The number of hydrogen-bond donors (Lipinski definition) is 1. The van der Waals surface area contributed by atoms with E-state index in [1.807, 2.05) is 0 Å². The first-order chi connectivity index (χ1) is 11.9. The molecule has 1 fully saturated rings. The van der Waals surface area contributed by atoms with Gasteiger partial charge in [0.15, 0.2) is 4.32 Å². The summed E-state index contributed by atoms with van der Waals surface area (Å²) in [5.41, 5.74) is 1.65. The van der Waals surface area contributed by atoms with E-state index in [1.165, 1.54) is 23.1 Å². The van der Waals surface area contributed by atoms with Crippen molar-refractivity contribution in [2.75, 3.05) is 4.90 Å². The Labute approximate surface area is 153 Å². The Morgan fingerprint density at radius 2 is 2.04 bits per heavy atom. The minimum Gasteiger partial charge on any atom is -0.478 e. The first kappa shape index (κ1) is 17.3. The molecule has 0 aliphatic carbocycles. The molecule has 0 radical (unpaired) electrons. The van der Waals surface area contributed by atoms with Gasteiger partial charge >= 0.3 is 5.97 Å². The first-order valence-electron chi connectivity index (χ1n) is 7.24. The van der Waals surface area contributed by atoms with E-state index in [0.29, 0.717) is 26.0 Å². The Hall–Kier alpha value is -2.51. The molecule has 1 aliphatic heterocycles. The average molecular weight is 373 g/mol. The Kier molecular flexibility index (Phi) is 4.69. The van der Waals surface area contributed by atoms with Gasteiger partial charge in [0.2, 0.25) is 0 Å². The number of aromatic carboxylic acids is 1. The van der Waals surface area contributed by atoms with Crippen LogP contribution in [-0.4, -0.2) is 21.3 Å². The number of hydrogen-bond acceptors (Lipinski definition) is 4. The van der Waals surface area contributed by atoms with Gasteiger partial charge in [0, 0.05) is 0 Å². The Morgan fingerprint density at radius 3 is 2.72 bits per heavy atom. The van der Waals surface area contributed by atoms with E-state index in [9.17, 15) is 19.1 Å². The van der Waals surface area contributed by atoms with Crippen molar-refractivity contribution >= 4 is 51.9 Å². The van der Waals surface area contributed by atoms with Crippen LogP contribution in [0.25, 0.3) is 6.08 Å². The summed E-state index contributed by atoms with van der Waals surface area (Å²) in [5.74, 6) is -1.83. The highest BCUT2D eigenvalue weighted by atomic mass is 32.2. The molecule has 0 unspecified atom stereocenters. The summed E-state index contributed by atoms with van der Waals surface area (Å²) in [7, 11) is 0. The standard InChI is InChI=1S/C18H12FNO3S2/c1-10-5-6-13(9-14(10)17(22)23)20-16(21)15(25-18(20)24)8-11-3-2-4-12(19)7-11/h2-9H,1H3,(H,22,23)/b15-8-. The lowest BCUT2D eigenvalue weighted by Crippen LogP contribution is -2.27. The highest BCUT2D eigenvalue weighted by Crippen LogP contribution is 2.36. The van der Waals surface area contributed by atoms with Crippen molar-refractivity contribution < 1.29 is 19.1 Å². The highest BCUT2D eigenvalue weighted by Gasteiger charge is 2.33. The molecule has 0 atom stereocenters. The summed E-state index contributed by atoms with van der Waals surface area (Å²) in [6, 6.07) is 10.6. The SMILES string of the molecule is Cc1ccc(N2C(=O)/C(=C/c3cccc(F)c3)SC2=S)cc1C(=O)O. The number of thioether (sulfide) groups is 1. The number of benzene rings is 2. The third kappa shape index (κ3) is 3.47. The maximum absolute atomic E-state index is 13.3. The van der Waals surface area contributed by atoms with Crippen LogP contribution in [0.2, 0.25) is 0 Å². The number of amides is 1. The lowest BCUT2D eigenvalue weighted by molar-refractivity contribution is -0.113. The van der Waals surface area contributed by atoms with Gasteiger partial charge in [-0.25, -0.2) is 9.18 Å². The van der Waals surface area contributed by atoms with E-state index in [4.69, 9.17) is 12.2 Å². The largest absolute Gasteiger partial charge is 0.478 e. The van der Waals surface area contributed by atoms with Crippen molar-refractivity contribution in [3.8, 4) is 0 Å². The number of rotatable bonds is 3. The second-order valence-electron chi connectivity index (χ2n) is 5.38. The molecule has 0 spiro atoms. The van der Waals surface area contributed by atoms with Crippen LogP contribution < -0.4 is 4.90 Å². The molecular weight excluding hydrogens is 361 g/mol. The van der Waals surface area contributed by atoms with Crippen molar-refractivity contribution in [1.29, 1.82) is 0 Å². The molecule has 4 nitrogen and oxygen atoms in total. The minimum atomic E-state index is -1.07. The van der Waals surface area contributed by atoms with Crippen LogP contribution in [0.3, 0.4) is 0 Å². The second-order valence-corrected chi connectivity index (χ2v) is 7.05. The van der Waals surface area contributed by atoms with Gasteiger partial charge in [-0.1, -0.05) is 42.2 Å². The molecule has 2 aromatic rings. The lowest BCUT2D eigenvalue weighted by atomic mass is 10.1. The van der Waals surface area contributed by atoms with Crippen molar-refractivity contribution in [3.05, 3.63) is 69.9 Å². The molecule has 0 aromatic heterocycles. The van der Waals surface area contributed by atoms with Crippen LogP contribution in [-0.2, 0) is 4.79 Å². The van der Waals surface area contributed by atoms with Crippen molar-refractivity contribution in [3.63, 3.8) is 0 Å². The van der Waals surface area contributed by atoms with Crippen LogP contribution in [0.1, 0.15) is 21.5 Å². The topological polar surface area (TPSA) is 57.6 Å². The Morgan fingerprint density at radius 1 is 1.28 bits per heavy atom. The maximum Gasteiger partial charge on any atom is 0.336 e. The fourth-order valence-corrected chi connectivity index (χ4v) is 3.72. The number of carboxylic acids is 1. The Bertz CT molecular complexity index is 940. The molecule has 126 valence electrons. The molecule has 1 heterocycles. The van der Waals surface area contributed by atoms with E-state index in [0.717, 1.165) is 11.8 Å². The van der Waals surface area contributed by atoms with Crippen molar-refractivity contribution in [2.24, 2.45) is 0 Å². The van der Waals surface area contributed by atoms with E-state index in [1.54, 1.807) is 37.3 Å². The van der Waals surface area contributed by atoms with Gasteiger partial charge in [-0.15, -0.1) is 0 Å². The fraction of sp³-hybridized carbons (Fsp3) is 0.0556. The molecule has 0 bridgehead atoms. The normalized spacial score (nSPS) is 15.9. The molecule has 1 N–H and O–H groups in total. The van der Waals surface area contributed by atoms with Gasteiger partial charge in [0.05, 0.1) is 16.2 Å². The monoisotopic (exact) mass is 373 g/mol. The van der Waals surface area contributed by atoms with Gasteiger partial charge in [-0.3, -0.25) is 9.69 Å². The second kappa shape index (κ2) is 6.78. The van der Waals surface area contributed by atoms with Gasteiger partial charge in [0.1, 0.15) is 5.82 Å². The number of carboxylic acid groups (broad SMARTS) is 1. The summed E-state index contributed by atoms with van der Waals surface area (Å²) in [6.45, 7) is 1.68. The first-order valence-corrected chi connectivity index (χ1v) is 8.47. The number of anilines is 1.